The number of amides is 2. The van der Waals surface area contributed by atoms with Crippen LogP contribution in [0.1, 0.15) is 18.9 Å². The van der Waals surface area contributed by atoms with Gasteiger partial charge in [-0.1, -0.05) is 35.0 Å². The van der Waals surface area contributed by atoms with Crippen LogP contribution in [0.3, 0.4) is 0 Å². The van der Waals surface area contributed by atoms with E-state index in [-0.39, 0.29) is 12.6 Å². The fourth-order valence-electron chi connectivity index (χ4n) is 1.58. The van der Waals surface area contributed by atoms with Gasteiger partial charge in [-0.3, -0.25) is 4.79 Å². The lowest BCUT2D eigenvalue weighted by atomic mass is 10.2. The molecule has 1 aromatic rings. The van der Waals surface area contributed by atoms with E-state index in [1.165, 1.54) is 4.90 Å². The van der Waals surface area contributed by atoms with Gasteiger partial charge in [-0.25, -0.2) is 4.79 Å². The summed E-state index contributed by atoms with van der Waals surface area (Å²) in [6, 6.07) is 7.22. The summed E-state index contributed by atoms with van der Waals surface area (Å²) in [5.74, 6) is -1.01. The van der Waals surface area contributed by atoms with Gasteiger partial charge in [0.1, 0.15) is 6.54 Å². The summed E-state index contributed by atoms with van der Waals surface area (Å²) in [6.45, 7) is 2.43. The van der Waals surface area contributed by atoms with E-state index in [2.05, 4.69) is 21.2 Å². The molecule has 1 rings (SSSR count). The molecule has 0 aliphatic heterocycles. The number of carboxylic acids is 1. The van der Waals surface area contributed by atoms with Crippen molar-refractivity contribution in [2.24, 2.45) is 0 Å². The SMILES string of the molecule is CCCN(CC(=O)O)C(=O)NCc1ccc(Br)cc1. The summed E-state index contributed by atoms with van der Waals surface area (Å²) in [6.07, 6.45) is 0.721. The summed E-state index contributed by atoms with van der Waals surface area (Å²) in [5.41, 5.74) is 0.961. The Morgan fingerprint density at radius 1 is 1.32 bits per heavy atom. The molecule has 0 aliphatic carbocycles. The zero-order valence-electron chi connectivity index (χ0n) is 10.7. The van der Waals surface area contributed by atoms with Crippen molar-refractivity contribution in [3.8, 4) is 0 Å². The Kier molecular flexibility index (Phi) is 6.35. The fraction of sp³-hybridized carbons (Fsp3) is 0.385. The van der Waals surface area contributed by atoms with Crippen molar-refractivity contribution in [2.45, 2.75) is 19.9 Å². The summed E-state index contributed by atoms with van der Waals surface area (Å²) >= 11 is 3.34. The summed E-state index contributed by atoms with van der Waals surface area (Å²) in [4.78, 5) is 23.8. The Morgan fingerprint density at radius 3 is 2.47 bits per heavy atom. The highest BCUT2D eigenvalue weighted by molar-refractivity contribution is 9.10. The number of carboxylic acid groups (broad SMARTS) is 1. The van der Waals surface area contributed by atoms with Gasteiger partial charge >= 0.3 is 12.0 Å². The van der Waals surface area contributed by atoms with E-state index in [0.717, 1.165) is 16.5 Å². The molecular weight excluding hydrogens is 312 g/mol. The molecule has 0 bridgehead atoms. The lowest BCUT2D eigenvalue weighted by molar-refractivity contribution is -0.137. The summed E-state index contributed by atoms with van der Waals surface area (Å²) in [7, 11) is 0. The van der Waals surface area contributed by atoms with Crippen LogP contribution in [-0.4, -0.2) is 35.1 Å². The molecule has 0 spiro atoms. The molecule has 0 radical (unpaired) electrons. The first-order chi connectivity index (χ1) is 9.02. The second-order valence-corrected chi connectivity index (χ2v) is 5.02. The monoisotopic (exact) mass is 328 g/mol. The summed E-state index contributed by atoms with van der Waals surface area (Å²) < 4.78 is 0.973. The maximum atomic E-state index is 11.9. The van der Waals surface area contributed by atoms with Gasteiger partial charge in [0.2, 0.25) is 0 Å². The molecule has 0 unspecified atom stereocenters. The Morgan fingerprint density at radius 2 is 1.95 bits per heavy atom. The second-order valence-electron chi connectivity index (χ2n) is 4.10. The molecule has 0 saturated carbocycles. The zero-order valence-corrected chi connectivity index (χ0v) is 12.3. The van der Waals surface area contributed by atoms with Crippen molar-refractivity contribution in [3.05, 3.63) is 34.3 Å². The molecule has 2 N–H and O–H groups in total. The van der Waals surface area contributed by atoms with E-state index in [1.807, 2.05) is 31.2 Å². The number of urea groups is 1. The average molecular weight is 329 g/mol. The van der Waals surface area contributed by atoms with Crippen LogP contribution in [0, 0.1) is 0 Å². The third-order valence-corrected chi connectivity index (χ3v) is 2.99. The number of rotatable bonds is 6. The molecule has 6 heteroatoms. The van der Waals surface area contributed by atoms with Gasteiger partial charge in [0, 0.05) is 17.6 Å². The number of hydrogen-bond donors (Lipinski definition) is 2. The summed E-state index contributed by atoms with van der Waals surface area (Å²) in [5, 5.41) is 11.5. The number of nitrogens with zero attached hydrogens (tertiary/aromatic N) is 1. The standard InChI is InChI=1S/C13H17BrN2O3/c1-2-7-16(9-12(17)18)13(19)15-8-10-3-5-11(14)6-4-10/h3-6H,2,7-9H2,1H3,(H,15,19)(H,17,18). The van der Waals surface area contributed by atoms with Crippen molar-refractivity contribution in [1.29, 1.82) is 0 Å². The second kappa shape index (κ2) is 7.78. The lowest BCUT2D eigenvalue weighted by Crippen LogP contribution is -2.42. The van der Waals surface area contributed by atoms with Gasteiger partial charge in [-0.2, -0.15) is 0 Å². The molecule has 0 atom stereocenters. The number of carbonyl (C=O) groups is 2. The van der Waals surface area contributed by atoms with E-state index in [9.17, 15) is 9.59 Å². The Labute approximate surface area is 120 Å². The minimum Gasteiger partial charge on any atom is -0.480 e. The van der Waals surface area contributed by atoms with E-state index in [0.29, 0.717) is 13.1 Å². The molecule has 0 aliphatic rings. The van der Waals surface area contributed by atoms with Crippen LogP contribution in [-0.2, 0) is 11.3 Å². The molecule has 19 heavy (non-hydrogen) atoms. The lowest BCUT2D eigenvalue weighted by Gasteiger charge is -2.20. The maximum absolute atomic E-state index is 11.9. The largest absolute Gasteiger partial charge is 0.480 e. The van der Waals surface area contributed by atoms with E-state index in [1.54, 1.807) is 0 Å². The molecule has 0 fully saturated rings. The molecular formula is C13H17BrN2O3. The number of hydrogen-bond acceptors (Lipinski definition) is 2. The topological polar surface area (TPSA) is 69.6 Å². The quantitative estimate of drug-likeness (QED) is 0.842. The Balaban J connectivity index is 2.51. The van der Waals surface area contributed by atoms with Crippen molar-refractivity contribution < 1.29 is 14.7 Å². The molecule has 104 valence electrons. The number of nitrogens with one attached hydrogen (secondary N) is 1. The smallest absolute Gasteiger partial charge is 0.323 e. The van der Waals surface area contributed by atoms with Crippen molar-refractivity contribution >= 4 is 27.9 Å². The van der Waals surface area contributed by atoms with Gasteiger partial charge in [0.25, 0.3) is 0 Å². The average Bonchev–Trinajstić information content (AvgIpc) is 2.37. The predicted molar refractivity (Wildman–Crippen MR) is 75.9 cm³/mol. The van der Waals surface area contributed by atoms with E-state index < -0.39 is 5.97 Å². The van der Waals surface area contributed by atoms with E-state index in [4.69, 9.17) is 5.11 Å². The number of carbonyl (C=O) groups excluding carboxylic acids is 1. The third kappa shape index (κ3) is 5.74. The Hall–Kier alpha value is -1.56. The number of halogens is 1. The van der Waals surface area contributed by atoms with Gasteiger partial charge in [-0.15, -0.1) is 0 Å². The minimum absolute atomic E-state index is 0.278. The first kappa shape index (κ1) is 15.5. The first-order valence-electron chi connectivity index (χ1n) is 6.02. The van der Waals surface area contributed by atoms with Gasteiger partial charge in [0.05, 0.1) is 0 Å². The molecule has 2 amide bonds. The minimum atomic E-state index is -1.01. The highest BCUT2D eigenvalue weighted by Crippen LogP contribution is 2.10. The molecule has 0 heterocycles. The van der Waals surface area contributed by atoms with Crippen molar-refractivity contribution in [2.75, 3.05) is 13.1 Å². The zero-order chi connectivity index (χ0) is 14.3. The van der Waals surface area contributed by atoms with Gasteiger partial charge in [0.15, 0.2) is 0 Å². The fourth-order valence-corrected chi connectivity index (χ4v) is 1.84. The van der Waals surface area contributed by atoms with Crippen LogP contribution in [0.5, 0.6) is 0 Å². The van der Waals surface area contributed by atoms with Crippen molar-refractivity contribution in [1.82, 2.24) is 10.2 Å². The van der Waals surface area contributed by atoms with Crippen LogP contribution in [0.15, 0.2) is 28.7 Å². The van der Waals surface area contributed by atoms with Crippen LogP contribution in [0.25, 0.3) is 0 Å². The molecule has 0 aromatic heterocycles. The highest BCUT2D eigenvalue weighted by Gasteiger charge is 2.15. The third-order valence-electron chi connectivity index (χ3n) is 2.46. The molecule has 1 aromatic carbocycles. The maximum Gasteiger partial charge on any atom is 0.323 e. The number of aliphatic carboxylic acids is 1. The van der Waals surface area contributed by atoms with Gasteiger partial charge < -0.3 is 15.3 Å². The molecule has 0 saturated heterocycles. The van der Waals surface area contributed by atoms with Crippen LogP contribution in [0.4, 0.5) is 4.79 Å². The van der Waals surface area contributed by atoms with Gasteiger partial charge in [-0.05, 0) is 24.1 Å². The number of benzene rings is 1. The van der Waals surface area contributed by atoms with E-state index >= 15 is 0 Å². The van der Waals surface area contributed by atoms with Crippen LogP contribution in [0.2, 0.25) is 0 Å². The Bertz CT molecular complexity index is 434. The van der Waals surface area contributed by atoms with Crippen molar-refractivity contribution in [3.63, 3.8) is 0 Å². The van der Waals surface area contributed by atoms with Crippen LogP contribution >= 0.6 is 15.9 Å². The highest BCUT2D eigenvalue weighted by atomic mass is 79.9. The normalized spacial score (nSPS) is 10.0. The first-order valence-corrected chi connectivity index (χ1v) is 6.81. The van der Waals surface area contributed by atoms with Crippen LogP contribution < -0.4 is 5.32 Å². The predicted octanol–water partition coefficient (Wildman–Crippen LogP) is 2.46. The molecule has 5 nitrogen and oxygen atoms in total.